The standard InChI is InChI=1S/C17H18ClN/c1-2-12-4-3-5-15(10-12)19-17-9-6-13-11-14(18)7-8-16(13)17/h3-5,7-8,10-11,17,19H,2,6,9H2,1H3. The molecule has 0 amide bonds. The molecule has 1 aliphatic carbocycles. The van der Waals surface area contributed by atoms with Gasteiger partial charge in [-0.3, -0.25) is 0 Å². The van der Waals surface area contributed by atoms with E-state index in [4.69, 9.17) is 11.6 Å². The van der Waals surface area contributed by atoms with Crippen LogP contribution in [0.5, 0.6) is 0 Å². The van der Waals surface area contributed by atoms with Crippen molar-refractivity contribution in [2.45, 2.75) is 32.2 Å². The van der Waals surface area contributed by atoms with Gasteiger partial charge in [0.05, 0.1) is 6.04 Å². The average molecular weight is 272 g/mol. The molecule has 0 radical (unpaired) electrons. The molecule has 2 aromatic carbocycles. The Balaban J connectivity index is 1.82. The Hall–Kier alpha value is -1.47. The summed E-state index contributed by atoms with van der Waals surface area (Å²) in [6.45, 7) is 2.19. The molecule has 19 heavy (non-hydrogen) atoms. The number of hydrogen-bond donors (Lipinski definition) is 1. The molecular formula is C17H18ClN. The molecule has 0 heterocycles. The lowest BCUT2D eigenvalue weighted by Gasteiger charge is -2.16. The highest BCUT2D eigenvalue weighted by molar-refractivity contribution is 6.30. The minimum atomic E-state index is 0.416. The highest BCUT2D eigenvalue weighted by Crippen LogP contribution is 2.35. The van der Waals surface area contributed by atoms with Crippen LogP contribution in [-0.2, 0) is 12.8 Å². The molecule has 1 aliphatic rings. The van der Waals surface area contributed by atoms with Crippen LogP contribution in [-0.4, -0.2) is 0 Å². The molecular weight excluding hydrogens is 254 g/mol. The van der Waals surface area contributed by atoms with Crippen LogP contribution in [0.3, 0.4) is 0 Å². The number of fused-ring (bicyclic) bond motifs is 1. The lowest BCUT2D eigenvalue weighted by molar-refractivity contribution is 0.762. The number of halogens is 1. The summed E-state index contributed by atoms with van der Waals surface area (Å²) in [6.07, 6.45) is 3.33. The van der Waals surface area contributed by atoms with E-state index in [0.717, 1.165) is 24.3 Å². The molecule has 1 N–H and O–H groups in total. The third-order valence-electron chi connectivity index (χ3n) is 3.86. The van der Waals surface area contributed by atoms with Gasteiger partial charge in [-0.15, -0.1) is 0 Å². The first kappa shape index (κ1) is 12.6. The minimum Gasteiger partial charge on any atom is -0.378 e. The van der Waals surface area contributed by atoms with Crippen molar-refractivity contribution in [2.75, 3.05) is 5.32 Å². The van der Waals surface area contributed by atoms with E-state index in [1.807, 2.05) is 6.07 Å². The molecule has 1 nitrogen and oxygen atoms in total. The normalized spacial score (nSPS) is 17.3. The van der Waals surface area contributed by atoms with Gasteiger partial charge in [-0.2, -0.15) is 0 Å². The van der Waals surface area contributed by atoms with E-state index in [-0.39, 0.29) is 0 Å². The van der Waals surface area contributed by atoms with Crippen molar-refractivity contribution >= 4 is 17.3 Å². The molecule has 2 aromatic rings. The summed E-state index contributed by atoms with van der Waals surface area (Å²) in [6, 6.07) is 15.3. The molecule has 0 spiro atoms. The molecule has 0 saturated heterocycles. The summed E-state index contributed by atoms with van der Waals surface area (Å²) in [4.78, 5) is 0. The summed E-state index contributed by atoms with van der Waals surface area (Å²) in [7, 11) is 0. The van der Waals surface area contributed by atoms with E-state index in [0.29, 0.717) is 6.04 Å². The zero-order valence-electron chi connectivity index (χ0n) is 11.1. The molecule has 98 valence electrons. The Bertz CT molecular complexity index is 592. The van der Waals surface area contributed by atoms with E-state index in [1.54, 1.807) is 0 Å². The third-order valence-corrected chi connectivity index (χ3v) is 4.09. The maximum absolute atomic E-state index is 6.05. The number of nitrogens with one attached hydrogen (secondary N) is 1. The number of aryl methyl sites for hydroxylation is 2. The second kappa shape index (κ2) is 5.26. The number of benzene rings is 2. The third kappa shape index (κ3) is 2.62. The van der Waals surface area contributed by atoms with Crippen LogP contribution in [0.2, 0.25) is 5.02 Å². The van der Waals surface area contributed by atoms with Crippen molar-refractivity contribution in [3.63, 3.8) is 0 Å². The van der Waals surface area contributed by atoms with Gasteiger partial charge in [0.2, 0.25) is 0 Å². The molecule has 0 fully saturated rings. The first-order valence-electron chi connectivity index (χ1n) is 6.90. The molecule has 0 aromatic heterocycles. The Morgan fingerprint density at radius 1 is 1.21 bits per heavy atom. The summed E-state index contributed by atoms with van der Waals surface area (Å²) in [5, 5.41) is 4.49. The van der Waals surface area contributed by atoms with Crippen LogP contribution in [0.25, 0.3) is 0 Å². The second-order valence-electron chi connectivity index (χ2n) is 5.13. The maximum atomic E-state index is 6.05. The fraction of sp³-hybridized carbons (Fsp3) is 0.294. The largest absolute Gasteiger partial charge is 0.378 e. The van der Waals surface area contributed by atoms with Crippen LogP contribution in [0.15, 0.2) is 42.5 Å². The first-order chi connectivity index (χ1) is 9.26. The van der Waals surface area contributed by atoms with Crippen molar-refractivity contribution in [3.05, 3.63) is 64.2 Å². The van der Waals surface area contributed by atoms with Gasteiger partial charge >= 0.3 is 0 Å². The molecule has 0 aliphatic heterocycles. The van der Waals surface area contributed by atoms with E-state index < -0.39 is 0 Å². The van der Waals surface area contributed by atoms with Gasteiger partial charge in [0.15, 0.2) is 0 Å². The van der Waals surface area contributed by atoms with Crippen LogP contribution < -0.4 is 5.32 Å². The summed E-state index contributed by atoms with van der Waals surface area (Å²) < 4.78 is 0. The first-order valence-corrected chi connectivity index (χ1v) is 7.28. The summed E-state index contributed by atoms with van der Waals surface area (Å²) >= 11 is 6.05. The van der Waals surface area contributed by atoms with Crippen molar-refractivity contribution in [1.82, 2.24) is 0 Å². The molecule has 1 unspecified atom stereocenters. The fourth-order valence-corrected chi connectivity index (χ4v) is 3.01. The highest BCUT2D eigenvalue weighted by atomic mass is 35.5. The van der Waals surface area contributed by atoms with E-state index in [2.05, 4.69) is 48.6 Å². The summed E-state index contributed by atoms with van der Waals surface area (Å²) in [5.74, 6) is 0. The Morgan fingerprint density at radius 3 is 2.95 bits per heavy atom. The monoisotopic (exact) mass is 271 g/mol. The predicted octanol–water partition coefficient (Wildman–Crippen LogP) is 5.00. The smallest absolute Gasteiger partial charge is 0.0519 e. The van der Waals surface area contributed by atoms with Gasteiger partial charge < -0.3 is 5.32 Å². The molecule has 0 bridgehead atoms. The Morgan fingerprint density at radius 2 is 2.11 bits per heavy atom. The predicted molar refractivity (Wildman–Crippen MR) is 82.0 cm³/mol. The van der Waals surface area contributed by atoms with Crippen molar-refractivity contribution in [1.29, 1.82) is 0 Å². The van der Waals surface area contributed by atoms with E-state index >= 15 is 0 Å². The van der Waals surface area contributed by atoms with Gasteiger partial charge in [0.1, 0.15) is 0 Å². The zero-order chi connectivity index (χ0) is 13.2. The molecule has 3 rings (SSSR count). The topological polar surface area (TPSA) is 12.0 Å². The lowest BCUT2D eigenvalue weighted by Crippen LogP contribution is -2.07. The average Bonchev–Trinajstić information content (AvgIpc) is 2.81. The quantitative estimate of drug-likeness (QED) is 0.828. The van der Waals surface area contributed by atoms with Crippen molar-refractivity contribution < 1.29 is 0 Å². The van der Waals surface area contributed by atoms with Crippen LogP contribution >= 0.6 is 11.6 Å². The van der Waals surface area contributed by atoms with Crippen LogP contribution in [0, 0.1) is 0 Å². The van der Waals surface area contributed by atoms with Gasteiger partial charge in [-0.05, 0) is 60.2 Å². The zero-order valence-corrected chi connectivity index (χ0v) is 11.9. The van der Waals surface area contributed by atoms with Gasteiger partial charge in [0.25, 0.3) is 0 Å². The van der Waals surface area contributed by atoms with Gasteiger partial charge in [-0.25, -0.2) is 0 Å². The van der Waals surface area contributed by atoms with E-state index in [9.17, 15) is 0 Å². The van der Waals surface area contributed by atoms with Gasteiger partial charge in [0, 0.05) is 10.7 Å². The lowest BCUT2D eigenvalue weighted by atomic mass is 10.1. The highest BCUT2D eigenvalue weighted by Gasteiger charge is 2.22. The van der Waals surface area contributed by atoms with Gasteiger partial charge in [-0.1, -0.05) is 36.7 Å². The fourth-order valence-electron chi connectivity index (χ4n) is 2.82. The number of anilines is 1. The Kier molecular flexibility index (Phi) is 3.48. The molecule has 2 heteroatoms. The molecule has 1 atom stereocenters. The van der Waals surface area contributed by atoms with E-state index in [1.165, 1.54) is 22.4 Å². The maximum Gasteiger partial charge on any atom is 0.0519 e. The molecule has 0 saturated carbocycles. The van der Waals surface area contributed by atoms with Crippen LogP contribution in [0.4, 0.5) is 5.69 Å². The minimum absolute atomic E-state index is 0.416. The summed E-state index contributed by atoms with van der Waals surface area (Å²) in [5.41, 5.74) is 5.37. The van der Waals surface area contributed by atoms with Crippen LogP contribution in [0.1, 0.15) is 36.1 Å². The van der Waals surface area contributed by atoms with Crippen molar-refractivity contribution in [2.24, 2.45) is 0 Å². The number of rotatable bonds is 3. The van der Waals surface area contributed by atoms with Crippen molar-refractivity contribution in [3.8, 4) is 0 Å². The Labute approximate surface area is 119 Å². The second-order valence-corrected chi connectivity index (χ2v) is 5.57. The SMILES string of the molecule is CCc1cccc(NC2CCc3cc(Cl)ccc32)c1. The number of hydrogen-bond acceptors (Lipinski definition) is 1.